The van der Waals surface area contributed by atoms with Crippen molar-refractivity contribution in [1.29, 1.82) is 0 Å². The van der Waals surface area contributed by atoms with E-state index in [2.05, 4.69) is 0 Å². The van der Waals surface area contributed by atoms with Crippen molar-refractivity contribution in [2.45, 2.75) is 44.2 Å². The molecule has 0 bridgehead atoms. The molecule has 1 aliphatic rings. The van der Waals surface area contributed by atoms with Gasteiger partial charge in [-0.3, -0.25) is 4.79 Å². The number of hydrogen-bond donors (Lipinski definition) is 0. The van der Waals surface area contributed by atoms with E-state index in [0.29, 0.717) is 17.9 Å². The summed E-state index contributed by atoms with van der Waals surface area (Å²) in [5, 5.41) is 0. The van der Waals surface area contributed by atoms with Crippen molar-refractivity contribution in [1.82, 2.24) is 0 Å². The molecule has 0 fully saturated rings. The molecule has 0 saturated heterocycles. The maximum absolute atomic E-state index is 12.8. The minimum atomic E-state index is -4.33. The van der Waals surface area contributed by atoms with Gasteiger partial charge in [-0.2, -0.15) is 13.2 Å². The predicted octanol–water partition coefficient (Wildman–Crippen LogP) is 5.99. The van der Waals surface area contributed by atoms with Crippen LogP contribution in [-0.4, -0.2) is 12.6 Å². The molecule has 1 aromatic carbocycles. The van der Waals surface area contributed by atoms with Crippen LogP contribution in [-0.2, 0) is 15.7 Å². The Morgan fingerprint density at radius 1 is 1.36 bits per heavy atom. The van der Waals surface area contributed by atoms with Gasteiger partial charge in [0, 0.05) is 16.2 Å². The maximum Gasteiger partial charge on any atom is 0.416 e. The van der Waals surface area contributed by atoms with Crippen LogP contribution in [0, 0.1) is 5.92 Å². The SMILES string of the molecule is CCOC(=O)CCC1CC=C(Sc2cccc(C(F)(F)F)c2)C=C1C. The first-order valence-corrected chi connectivity index (χ1v) is 9.00. The summed E-state index contributed by atoms with van der Waals surface area (Å²) in [7, 11) is 0. The monoisotopic (exact) mass is 370 g/mol. The Balaban J connectivity index is 1.96. The molecular formula is C19H21F3O2S. The summed E-state index contributed by atoms with van der Waals surface area (Å²) in [4.78, 5) is 13.0. The van der Waals surface area contributed by atoms with E-state index >= 15 is 0 Å². The summed E-state index contributed by atoms with van der Waals surface area (Å²) >= 11 is 1.33. The molecule has 0 aliphatic heterocycles. The molecule has 1 unspecified atom stereocenters. The second-order valence-electron chi connectivity index (χ2n) is 5.90. The first kappa shape index (κ1) is 19.6. The third-order valence-corrected chi connectivity index (χ3v) is 5.03. The average molecular weight is 370 g/mol. The summed E-state index contributed by atoms with van der Waals surface area (Å²) in [6.07, 6.45) is 1.56. The van der Waals surface area contributed by atoms with Crippen LogP contribution in [0.3, 0.4) is 0 Å². The molecule has 0 heterocycles. The van der Waals surface area contributed by atoms with Crippen LogP contribution in [0.15, 0.2) is 51.8 Å². The van der Waals surface area contributed by atoms with Crippen LogP contribution in [0.4, 0.5) is 13.2 Å². The largest absolute Gasteiger partial charge is 0.466 e. The third kappa shape index (κ3) is 5.96. The van der Waals surface area contributed by atoms with Crippen molar-refractivity contribution in [2.75, 3.05) is 6.61 Å². The van der Waals surface area contributed by atoms with Gasteiger partial charge in [-0.05, 0) is 56.9 Å². The van der Waals surface area contributed by atoms with Crippen LogP contribution < -0.4 is 0 Å². The lowest BCUT2D eigenvalue weighted by Gasteiger charge is -2.21. The number of rotatable bonds is 6. The summed E-state index contributed by atoms with van der Waals surface area (Å²) in [6, 6.07) is 5.34. The highest BCUT2D eigenvalue weighted by Gasteiger charge is 2.30. The zero-order chi connectivity index (χ0) is 18.4. The Morgan fingerprint density at radius 2 is 2.12 bits per heavy atom. The molecule has 6 heteroatoms. The molecule has 1 aromatic rings. The number of carbonyl (C=O) groups is 1. The molecule has 0 aromatic heterocycles. The van der Waals surface area contributed by atoms with Crippen LogP contribution in [0.5, 0.6) is 0 Å². The second kappa shape index (κ2) is 8.61. The fraction of sp³-hybridized carbons (Fsp3) is 0.421. The van der Waals surface area contributed by atoms with Gasteiger partial charge in [0.05, 0.1) is 12.2 Å². The molecule has 25 heavy (non-hydrogen) atoms. The van der Waals surface area contributed by atoms with Crippen LogP contribution in [0.1, 0.15) is 38.7 Å². The number of hydrogen-bond acceptors (Lipinski definition) is 3. The Labute approximate surface area is 150 Å². The van der Waals surface area contributed by atoms with Gasteiger partial charge in [-0.1, -0.05) is 29.5 Å². The Morgan fingerprint density at radius 3 is 2.76 bits per heavy atom. The van der Waals surface area contributed by atoms with Crippen molar-refractivity contribution in [3.63, 3.8) is 0 Å². The van der Waals surface area contributed by atoms with Crippen LogP contribution >= 0.6 is 11.8 Å². The first-order valence-electron chi connectivity index (χ1n) is 8.18. The van der Waals surface area contributed by atoms with Crippen LogP contribution in [0.25, 0.3) is 0 Å². The number of ether oxygens (including phenoxy) is 1. The number of benzene rings is 1. The second-order valence-corrected chi connectivity index (χ2v) is 7.05. The first-order chi connectivity index (χ1) is 11.8. The van der Waals surface area contributed by atoms with Crippen molar-refractivity contribution >= 4 is 17.7 Å². The van der Waals surface area contributed by atoms with Gasteiger partial charge in [-0.15, -0.1) is 0 Å². The average Bonchev–Trinajstić information content (AvgIpc) is 2.54. The van der Waals surface area contributed by atoms with Gasteiger partial charge in [0.2, 0.25) is 0 Å². The fourth-order valence-corrected chi connectivity index (χ4v) is 3.69. The van der Waals surface area contributed by atoms with Gasteiger partial charge >= 0.3 is 12.1 Å². The minimum Gasteiger partial charge on any atom is -0.466 e. The number of carbonyl (C=O) groups excluding carboxylic acids is 1. The molecule has 0 saturated carbocycles. The zero-order valence-corrected chi connectivity index (χ0v) is 15.0. The Hall–Kier alpha value is -1.69. The molecule has 0 amide bonds. The quantitative estimate of drug-likeness (QED) is 0.575. The summed E-state index contributed by atoms with van der Waals surface area (Å²) in [6.45, 7) is 4.16. The lowest BCUT2D eigenvalue weighted by molar-refractivity contribution is -0.143. The van der Waals surface area contributed by atoms with Crippen molar-refractivity contribution in [3.05, 3.63) is 52.5 Å². The summed E-state index contributed by atoms with van der Waals surface area (Å²) in [5.41, 5.74) is 0.503. The van der Waals surface area contributed by atoms with E-state index in [4.69, 9.17) is 4.74 Å². The van der Waals surface area contributed by atoms with Gasteiger partial charge in [0.15, 0.2) is 0 Å². The van der Waals surface area contributed by atoms with E-state index in [-0.39, 0.29) is 11.9 Å². The normalized spacial score (nSPS) is 17.7. The van der Waals surface area contributed by atoms with Gasteiger partial charge < -0.3 is 4.74 Å². The highest BCUT2D eigenvalue weighted by molar-refractivity contribution is 8.03. The highest BCUT2D eigenvalue weighted by atomic mass is 32.2. The molecule has 136 valence electrons. The topological polar surface area (TPSA) is 26.3 Å². The smallest absolute Gasteiger partial charge is 0.416 e. The van der Waals surface area contributed by atoms with Crippen LogP contribution in [0.2, 0.25) is 0 Å². The molecule has 0 radical (unpaired) electrons. The predicted molar refractivity (Wildman–Crippen MR) is 93.1 cm³/mol. The molecular weight excluding hydrogens is 349 g/mol. The molecule has 2 rings (SSSR count). The molecule has 0 spiro atoms. The number of allylic oxidation sites excluding steroid dienone is 3. The lowest BCUT2D eigenvalue weighted by Crippen LogP contribution is -2.10. The lowest BCUT2D eigenvalue weighted by atomic mass is 9.89. The summed E-state index contributed by atoms with van der Waals surface area (Å²) < 4.78 is 43.3. The number of halogens is 3. The Kier molecular flexibility index (Phi) is 6.76. The zero-order valence-electron chi connectivity index (χ0n) is 14.2. The van der Waals surface area contributed by atoms with Crippen molar-refractivity contribution in [3.8, 4) is 0 Å². The van der Waals surface area contributed by atoms with E-state index in [9.17, 15) is 18.0 Å². The van der Waals surface area contributed by atoms with Gasteiger partial charge in [-0.25, -0.2) is 0 Å². The molecule has 2 nitrogen and oxygen atoms in total. The maximum atomic E-state index is 12.8. The van der Waals surface area contributed by atoms with Crippen molar-refractivity contribution in [2.24, 2.45) is 5.92 Å². The molecule has 0 N–H and O–H groups in total. The highest BCUT2D eigenvalue weighted by Crippen LogP contribution is 2.38. The van der Waals surface area contributed by atoms with Crippen molar-refractivity contribution < 1.29 is 22.7 Å². The number of thioether (sulfide) groups is 1. The summed E-state index contributed by atoms with van der Waals surface area (Å²) in [5.74, 6) is 0.0821. The van der Waals surface area contributed by atoms with Gasteiger partial charge in [0.1, 0.15) is 0 Å². The standard InChI is InChI=1S/C19H21F3O2S/c1-3-24-18(23)10-8-14-7-9-17(11-13(14)2)25-16-6-4-5-15(12-16)19(20,21)22/h4-6,9,11-12,14H,3,7-8,10H2,1-2H3. The van der Waals surface area contributed by atoms with E-state index in [0.717, 1.165) is 29.4 Å². The van der Waals surface area contributed by atoms with E-state index < -0.39 is 11.7 Å². The molecule has 1 atom stereocenters. The van der Waals surface area contributed by atoms with Gasteiger partial charge in [0.25, 0.3) is 0 Å². The third-order valence-electron chi connectivity index (χ3n) is 4.02. The number of alkyl halides is 3. The minimum absolute atomic E-state index is 0.191. The molecule has 1 aliphatic carbocycles. The fourth-order valence-electron chi connectivity index (χ4n) is 2.66. The van der Waals surface area contributed by atoms with E-state index in [1.165, 1.54) is 23.9 Å². The number of esters is 1. The Bertz CT molecular complexity index is 677. The van der Waals surface area contributed by atoms with E-state index in [1.54, 1.807) is 13.0 Å². The van der Waals surface area contributed by atoms with E-state index in [1.807, 2.05) is 19.1 Å².